The highest BCUT2D eigenvalue weighted by Crippen LogP contribution is 2.18. The zero-order chi connectivity index (χ0) is 22.8. The van der Waals surface area contributed by atoms with E-state index in [-0.39, 0.29) is 18.2 Å². The molecule has 0 radical (unpaired) electrons. The summed E-state index contributed by atoms with van der Waals surface area (Å²) in [7, 11) is 1.62. The lowest BCUT2D eigenvalue weighted by molar-refractivity contribution is -0.140. The zero-order valence-corrected chi connectivity index (χ0v) is 18.7. The summed E-state index contributed by atoms with van der Waals surface area (Å²) in [5.74, 6) is 0.519. The summed E-state index contributed by atoms with van der Waals surface area (Å²) in [6.45, 7) is 2.73. The number of ether oxygens (including phenoxy) is 1. The maximum atomic E-state index is 13.5. The Morgan fingerprint density at radius 3 is 2.00 bits per heavy atom. The van der Waals surface area contributed by atoms with Gasteiger partial charge in [-0.3, -0.25) is 9.59 Å². The van der Waals surface area contributed by atoms with E-state index in [1.54, 1.807) is 12.0 Å². The molecule has 3 rings (SSSR count). The number of methoxy groups -OCH3 is 1. The predicted octanol–water partition coefficient (Wildman–Crippen LogP) is 4.01. The lowest BCUT2D eigenvalue weighted by Gasteiger charge is -2.31. The van der Waals surface area contributed by atoms with E-state index >= 15 is 0 Å². The largest absolute Gasteiger partial charge is 0.497 e. The monoisotopic (exact) mass is 430 g/mol. The Labute approximate surface area is 190 Å². The lowest BCUT2D eigenvalue weighted by Crippen LogP contribution is -2.50. The topological polar surface area (TPSA) is 58.6 Å². The van der Waals surface area contributed by atoms with Crippen molar-refractivity contribution < 1.29 is 14.3 Å². The molecule has 1 atom stereocenters. The van der Waals surface area contributed by atoms with Crippen LogP contribution < -0.4 is 10.1 Å². The normalized spacial score (nSPS) is 11.4. The van der Waals surface area contributed by atoms with Gasteiger partial charge >= 0.3 is 0 Å². The molecule has 3 aromatic carbocycles. The van der Waals surface area contributed by atoms with Gasteiger partial charge in [-0.2, -0.15) is 0 Å². The van der Waals surface area contributed by atoms with E-state index in [9.17, 15) is 9.59 Å². The minimum Gasteiger partial charge on any atom is -0.497 e. The molecule has 1 unspecified atom stereocenters. The van der Waals surface area contributed by atoms with Crippen LogP contribution in [0.3, 0.4) is 0 Å². The van der Waals surface area contributed by atoms with Gasteiger partial charge in [-0.25, -0.2) is 0 Å². The van der Waals surface area contributed by atoms with Gasteiger partial charge < -0.3 is 15.0 Å². The number of nitrogens with one attached hydrogen (secondary N) is 1. The van der Waals surface area contributed by atoms with Crippen LogP contribution in [-0.4, -0.2) is 36.4 Å². The molecule has 5 nitrogen and oxygen atoms in total. The summed E-state index contributed by atoms with van der Waals surface area (Å²) in [4.78, 5) is 28.3. The van der Waals surface area contributed by atoms with Crippen molar-refractivity contribution in [2.45, 2.75) is 32.4 Å². The predicted molar refractivity (Wildman–Crippen MR) is 126 cm³/mol. The highest BCUT2D eigenvalue weighted by Gasteiger charge is 2.30. The van der Waals surface area contributed by atoms with E-state index in [1.807, 2.05) is 91.9 Å². The second-order valence-electron chi connectivity index (χ2n) is 7.63. The second-order valence-corrected chi connectivity index (χ2v) is 7.63. The maximum absolute atomic E-state index is 13.5. The van der Waals surface area contributed by atoms with Crippen LogP contribution in [0.5, 0.6) is 5.75 Å². The van der Waals surface area contributed by atoms with Crippen molar-refractivity contribution >= 4 is 11.8 Å². The van der Waals surface area contributed by atoms with Gasteiger partial charge in [-0.1, -0.05) is 72.8 Å². The summed E-state index contributed by atoms with van der Waals surface area (Å²) in [6.07, 6.45) is 0.686. The van der Waals surface area contributed by atoms with Crippen LogP contribution in [0.2, 0.25) is 0 Å². The number of carbonyl (C=O) groups is 2. The molecular weight excluding hydrogens is 400 g/mol. The van der Waals surface area contributed by atoms with Crippen molar-refractivity contribution in [1.82, 2.24) is 10.2 Å². The smallest absolute Gasteiger partial charge is 0.243 e. The molecule has 5 heteroatoms. The van der Waals surface area contributed by atoms with Crippen molar-refractivity contribution in [3.63, 3.8) is 0 Å². The third kappa shape index (κ3) is 6.45. The summed E-state index contributed by atoms with van der Waals surface area (Å²) < 4.78 is 5.25. The molecular formula is C27H30N2O3. The van der Waals surface area contributed by atoms with E-state index in [4.69, 9.17) is 4.74 Å². The molecule has 32 heavy (non-hydrogen) atoms. The van der Waals surface area contributed by atoms with Gasteiger partial charge in [0.05, 0.1) is 13.5 Å². The van der Waals surface area contributed by atoms with Gasteiger partial charge in [0, 0.05) is 19.5 Å². The van der Waals surface area contributed by atoms with E-state index in [0.717, 1.165) is 22.4 Å². The van der Waals surface area contributed by atoms with Crippen LogP contribution in [0.1, 0.15) is 23.6 Å². The molecule has 0 saturated heterocycles. The number of rotatable bonds is 10. The fourth-order valence-corrected chi connectivity index (χ4v) is 3.65. The van der Waals surface area contributed by atoms with Crippen molar-refractivity contribution in [1.29, 1.82) is 0 Å². The fraction of sp³-hybridized carbons (Fsp3) is 0.259. The van der Waals surface area contributed by atoms with E-state index in [2.05, 4.69) is 5.32 Å². The molecule has 0 aliphatic carbocycles. The van der Waals surface area contributed by atoms with Crippen LogP contribution in [0, 0.1) is 0 Å². The van der Waals surface area contributed by atoms with Crippen molar-refractivity contribution in [2.24, 2.45) is 0 Å². The van der Waals surface area contributed by atoms with E-state index < -0.39 is 6.04 Å². The fourth-order valence-electron chi connectivity index (χ4n) is 3.65. The minimum atomic E-state index is -0.615. The maximum Gasteiger partial charge on any atom is 0.243 e. The van der Waals surface area contributed by atoms with Crippen LogP contribution in [-0.2, 0) is 29.0 Å². The van der Waals surface area contributed by atoms with Crippen molar-refractivity contribution in [2.75, 3.05) is 13.7 Å². The second kappa shape index (κ2) is 11.7. The van der Waals surface area contributed by atoms with Gasteiger partial charge in [-0.15, -0.1) is 0 Å². The summed E-state index contributed by atoms with van der Waals surface area (Å²) >= 11 is 0. The average molecular weight is 431 g/mol. The molecule has 2 amide bonds. The minimum absolute atomic E-state index is 0.0841. The number of likely N-dealkylation sites (N-methyl/N-ethyl adjacent to an activating group) is 1. The Morgan fingerprint density at radius 2 is 1.44 bits per heavy atom. The number of hydrogen-bond acceptors (Lipinski definition) is 3. The molecule has 0 aliphatic rings. The van der Waals surface area contributed by atoms with E-state index in [0.29, 0.717) is 19.5 Å². The number of carbonyl (C=O) groups excluding carboxylic acids is 2. The molecule has 0 saturated carbocycles. The number of nitrogens with zero attached hydrogens (tertiary/aromatic N) is 1. The van der Waals surface area contributed by atoms with Crippen molar-refractivity contribution in [3.05, 3.63) is 102 Å². The Bertz CT molecular complexity index is 988. The molecule has 0 bridgehead atoms. The summed E-state index contributed by atoms with van der Waals surface area (Å²) in [6, 6.07) is 26.4. The molecule has 0 spiro atoms. The summed E-state index contributed by atoms with van der Waals surface area (Å²) in [5.41, 5.74) is 2.87. The average Bonchev–Trinajstić information content (AvgIpc) is 2.83. The zero-order valence-electron chi connectivity index (χ0n) is 18.7. The van der Waals surface area contributed by atoms with Gasteiger partial charge in [-0.05, 0) is 35.7 Å². The molecule has 0 heterocycles. The summed E-state index contributed by atoms with van der Waals surface area (Å²) in [5, 5.41) is 2.92. The molecule has 0 aromatic heterocycles. The van der Waals surface area contributed by atoms with Crippen LogP contribution in [0.15, 0.2) is 84.9 Å². The highest BCUT2D eigenvalue weighted by molar-refractivity contribution is 5.88. The SMILES string of the molecule is CCNC(=O)C(Cc1ccccc1)N(Cc1ccc(OC)cc1)C(=O)Cc1ccccc1. The van der Waals surface area contributed by atoms with Gasteiger partial charge in [0.15, 0.2) is 0 Å². The first-order chi connectivity index (χ1) is 15.6. The standard InChI is InChI=1S/C27H30N2O3/c1-3-28-27(31)25(18-21-10-6-4-7-11-21)29(20-23-14-16-24(32-2)17-15-23)26(30)19-22-12-8-5-9-13-22/h4-17,25H,3,18-20H2,1-2H3,(H,28,31). The van der Waals surface area contributed by atoms with Crippen molar-refractivity contribution in [3.8, 4) is 5.75 Å². The molecule has 3 aromatic rings. The Kier molecular flexibility index (Phi) is 8.44. The molecule has 166 valence electrons. The third-order valence-electron chi connectivity index (χ3n) is 5.33. The first-order valence-electron chi connectivity index (χ1n) is 10.9. The van der Waals surface area contributed by atoms with Crippen LogP contribution in [0.25, 0.3) is 0 Å². The van der Waals surface area contributed by atoms with Gasteiger partial charge in [0.1, 0.15) is 11.8 Å². The lowest BCUT2D eigenvalue weighted by atomic mass is 10.0. The van der Waals surface area contributed by atoms with Crippen LogP contribution in [0.4, 0.5) is 0 Å². The quantitative estimate of drug-likeness (QED) is 0.529. The number of amides is 2. The number of benzene rings is 3. The highest BCUT2D eigenvalue weighted by atomic mass is 16.5. The Balaban J connectivity index is 1.93. The Hall–Kier alpha value is -3.60. The first kappa shape index (κ1) is 23.1. The molecule has 0 aliphatic heterocycles. The first-order valence-corrected chi connectivity index (χ1v) is 10.9. The molecule has 1 N–H and O–H groups in total. The van der Waals surface area contributed by atoms with Crippen LogP contribution >= 0.6 is 0 Å². The Morgan fingerprint density at radius 1 is 0.844 bits per heavy atom. The van der Waals surface area contributed by atoms with Gasteiger partial charge in [0.25, 0.3) is 0 Å². The molecule has 0 fully saturated rings. The van der Waals surface area contributed by atoms with E-state index in [1.165, 1.54) is 0 Å². The third-order valence-corrected chi connectivity index (χ3v) is 5.33. The number of hydrogen-bond donors (Lipinski definition) is 1. The van der Waals surface area contributed by atoms with Gasteiger partial charge in [0.2, 0.25) is 11.8 Å².